The fraction of sp³-hybridized carbons (Fsp3) is 0.300. The third-order valence-corrected chi connectivity index (χ3v) is 4.68. The fourth-order valence-corrected chi connectivity index (χ4v) is 3.08. The quantitative estimate of drug-likeness (QED) is 0.746. The summed E-state index contributed by atoms with van der Waals surface area (Å²) < 4.78 is 2.35. The number of aryl methyl sites for hydroxylation is 3. The van der Waals surface area contributed by atoms with Crippen molar-refractivity contribution in [2.45, 2.75) is 26.2 Å². The topological polar surface area (TPSA) is 86.0 Å². The minimum absolute atomic E-state index is 0.183. The smallest absolute Gasteiger partial charge is 0.325 e. The molecule has 0 aliphatic heterocycles. The summed E-state index contributed by atoms with van der Waals surface area (Å²) in [6.07, 6.45) is 3.11. The molecule has 140 valence electrons. The lowest BCUT2D eigenvalue weighted by molar-refractivity contribution is -0.116. The van der Waals surface area contributed by atoms with Gasteiger partial charge in [-0.25, -0.2) is 9.78 Å². The van der Waals surface area contributed by atoms with Gasteiger partial charge >= 0.3 is 5.69 Å². The number of hydrogen-bond donors (Lipinski definition) is 1. The number of hydrogen-bond acceptors (Lipinski definition) is 4. The molecule has 1 aromatic carbocycles. The second kappa shape index (κ2) is 7.57. The molecule has 0 aliphatic carbocycles. The van der Waals surface area contributed by atoms with Crippen LogP contribution < -0.4 is 16.6 Å². The van der Waals surface area contributed by atoms with Gasteiger partial charge in [-0.15, -0.1) is 0 Å². The number of carbonyl (C=O) groups excluding carboxylic acids is 1. The van der Waals surface area contributed by atoms with Crippen molar-refractivity contribution in [3.63, 3.8) is 0 Å². The van der Waals surface area contributed by atoms with Gasteiger partial charge in [-0.3, -0.25) is 18.7 Å². The number of pyridine rings is 1. The van der Waals surface area contributed by atoms with Crippen LogP contribution in [0.1, 0.15) is 24.5 Å². The van der Waals surface area contributed by atoms with E-state index in [1.54, 1.807) is 13.2 Å². The van der Waals surface area contributed by atoms with Gasteiger partial charge in [0, 0.05) is 26.7 Å². The van der Waals surface area contributed by atoms with Crippen molar-refractivity contribution < 1.29 is 4.79 Å². The molecule has 7 nitrogen and oxygen atoms in total. The lowest BCUT2D eigenvalue weighted by atomic mass is 10.1. The van der Waals surface area contributed by atoms with Gasteiger partial charge in [0.2, 0.25) is 5.91 Å². The largest absolute Gasteiger partial charge is 0.332 e. The predicted octanol–water partition coefficient (Wildman–Crippen LogP) is 1.77. The normalized spacial score (nSPS) is 10.9. The van der Waals surface area contributed by atoms with Gasteiger partial charge in [0.1, 0.15) is 5.39 Å². The predicted molar refractivity (Wildman–Crippen MR) is 105 cm³/mol. The highest BCUT2D eigenvalue weighted by atomic mass is 16.2. The molecule has 0 atom stereocenters. The van der Waals surface area contributed by atoms with Crippen LogP contribution in [-0.2, 0) is 31.7 Å². The molecular formula is C20H22N4O3. The summed E-state index contributed by atoms with van der Waals surface area (Å²) >= 11 is 0. The number of benzene rings is 1. The zero-order valence-electron chi connectivity index (χ0n) is 15.7. The average Bonchev–Trinajstić information content (AvgIpc) is 2.69. The van der Waals surface area contributed by atoms with Crippen LogP contribution in [0, 0.1) is 0 Å². The summed E-state index contributed by atoms with van der Waals surface area (Å²) in [6.45, 7) is 1.93. The molecule has 1 amide bonds. The van der Waals surface area contributed by atoms with Crippen molar-refractivity contribution in [2.24, 2.45) is 14.1 Å². The Bertz CT molecular complexity index is 1110. The monoisotopic (exact) mass is 366 g/mol. The van der Waals surface area contributed by atoms with Crippen LogP contribution >= 0.6 is 0 Å². The highest BCUT2D eigenvalue weighted by molar-refractivity contribution is 6.01. The highest BCUT2D eigenvalue weighted by Gasteiger charge is 2.18. The van der Waals surface area contributed by atoms with Crippen LogP contribution in [-0.4, -0.2) is 20.0 Å². The first-order valence-electron chi connectivity index (χ1n) is 8.85. The van der Waals surface area contributed by atoms with Gasteiger partial charge in [-0.05, 0) is 24.0 Å². The van der Waals surface area contributed by atoms with Gasteiger partial charge in [0.25, 0.3) is 5.56 Å². The molecule has 27 heavy (non-hydrogen) atoms. The average molecular weight is 366 g/mol. The minimum Gasteiger partial charge on any atom is -0.325 e. The molecular weight excluding hydrogens is 344 g/mol. The third-order valence-electron chi connectivity index (χ3n) is 4.68. The second-order valence-corrected chi connectivity index (χ2v) is 6.45. The molecule has 2 heterocycles. The van der Waals surface area contributed by atoms with Gasteiger partial charge in [-0.1, -0.05) is 37.3 Å². The molecule has 0 saturated heterocycles. The molecule has 0 spiro atoms. The van der Waals surface area contributed by atoms with Crippen LogP contribution in [0.25, 0.3) is 11.0 Å². The first kappa shape index (κ1) is 18.6. The summed E-state index contributed by atoms with van der Waals surface area (Å²) in [5.74, 6) is -0.183. The maximum absolute atomic E-state index is 12.7. The molecule has 0 unspecified atom stereocenters. The molecule has 0 bridgehead atoms. The minimum atomic E-state index is -0.464. The highest BCUT2D eigenvalue weighted by Crippen LogP contribution is 2.23. The first-order valence-corrected chi connectivity index (χ1v) is 8.85. The van der Waals surface area contributed by atoms with Gasteiger partial charge in [0.15, 0.2) is 5.65 Å². The molecule has 0 aliphatic rings. The number of aromatic nitrogens is 3. The van der Waals surface area contributed by atoms with Crippen LogP contribution in [0.3, 0.4) is 0 Å². The Morgan fingerprint density at radius 3 is 2.48 bits per heavy atom. The van der Waals surface area contributed by atoms with Crippen LogP contribution in [0.2, 0.25) is 0 Å². The molecule has 0 radical (unpaired) electrons. The van der Waals surface area contributed by atoms with Crippen molar-refractivity contribution in [3.05, 3.63) is 68.5 Å². The van der Waals surface area contributed by atoms with Crippen molar-refractivity contribution in [2.75, 3.05) is 5.32 Å². The number of nitrogens with one attached hydrogen (secondary N) is 1. The van der Waals surface area contributed by atoms with E-state index >= 15 is 0 Å². The fourth-order valence-electron chi connectivity index (χ4n) is 3.08. The summed E-state index contributed by atoms with van der Waals surface area (Å²) in [6, 6.07) is 9.74. The molecule has 2 aromatic heterocycles. The SMILES string of the molecule is CCc1cnc2c(c1NC(=O)CCc1ccccc1)c(=O)n(C)c(=O)n2C. The number of carbonyl (C=O) groups is 1. The lowest BCUT2D eigenvalue weighted by Crippen LogP contribution is -2.38. The molecule has 1 N–H and O–H groups in total. The molecule has 0 saturated carbocycles. The molecule has 3 aromatic rings. The van der Waals surface area contributed by atoms with Crippen LogP contribution in [0.15, 0.2) is 46.1 Å². The van der Waals surface area contributed by atoms with E-state index in [1.165, 1.54) is 11.6 Å². The van der Waals surface area contributed by atoms with Gasteiger partial charge in [0.05, 0.1) is 5.69 Å². The Hall–Kier alpha value is -3.22. The zero-order chi connectivity index (χ0) is 19.6. The van der Waals surface area contributed by atoms with Crippen molar-refractivity contribution in [3.8, 4) is 0 Å². The Labute approximate surface area is 156 Å². The summed E-state index contributed by atoms with van der Waals surface area (Å²) in [5.41, 5.74) is 1.61. The number of amides is 1. The van der Waals surface area contributed by atoms with Crippen LogP contribution in [0.5, 0.6) is 0 Å². The third kappa shape index (κ3) is 3.53. The summed E-state index contributed by atoms with van der Waals surface area (Å²) in [4.78, 5) is 41.7. The Morgan fingerprint density at radius 2 is 1.81 bits per heavy atom. The number of fused-ring (bicyclic) bond motifs is 1. The molecule has 0 fully saturated rings. The Morgan fingerprint density at radius 1 is 1.11 bits per heavy atom. The second-order valence-electron chi connectivity index (χ2n) is 6.45. The number of rotatable bonds is 5. The summed E-state index contributed by atoms with van der Waals surface area (Å²) in [7, 11) is 2.98. The maximum atomic E-state index is 12.7. The lowest BCUT2D eigenvalue weighted by Gasteiger charge is -2.15. The van der Waals surface area contributed by atoms with E-state index in [0.717, 1.165) is 15.7 Å². The number of nitrogens with zero attached hydrogens (tertiary/aromatic N) is 3. The van der Waals surface area contributed by atoms with E-state index in [2.05, 4.69) is 10.3 Å². The maximum Gasteiger partial charge on any atom is 0.332 e. The van der Waals surface area contributed by atoms with Crippen molar-refractivity contribution >= 4 is 22.6 Å². The standard InChI is InChI=1S/C20H22N4O3/c1-4-14-12-21-18-16(19(26)24(3)20(27)23(18)2)17(14)22-15(25)11-10-13-8-6-5-7-9-13/h5-9,12H,4,10-11H2,1-3H3,(H,21,22,25). The summed E-state index contributed by atoms with van der Waals surface area (Å²) in [5, 5.41) is 3.14. The van der Waals surface area contributed by atoms with Crippen LogP contribution in [0.4, 0.5) is 5.69 Å². The van der Waals surface area contributed by atoms with E-state index in [9.17, 15) is 14.4 Å². The molecule has 7 heteroatoms. The Kier molecular flexibility index (Phi) is 5.21. The van der Waals surface area contributed by atoms with E-state index in [1.807, 2.05) is 37.3 Å². The zero-order valence-corrected chi connectivity index (χ0v) is 15.7. The van der Waals surface area contributed by atoms with Gasteiger partial charge < -0.3 is 5.32 Å². The van der Waals surface area contributed by atoms with E-state index in [0.29, 0.717) is 24.9 Å². The Balaban J connectivity index is 2.01. The van der Waals surface area contributed by atoms with E-state index in [4.69, 9.17) is 0 Å². The molecule has 3 rings (SSSR count). The van der Waals surface area contributed by atoms with Crippen molar-refractivity contribution in [1.29, 1.82) is 0 Å². The van der Waals surface area contributed by atoms with Gasteiger partial charge in [-0.2, -0.15) is 0 Å². The number of anilines is 1. The van der Waals surface area contributed by atoms with Crippen molar-refractivity contribution in [1.82, 2.24) is 14.1 Å². The first-order chi connectivity index (χ1) is 12.9. The van der Waals surface area contributed by atoms with E-state index < -0.39 is 11.2 Å². The van der Waals surface area contributed by atoms with E-state index in [-0.39, 0.29) is 16.9 Å².